The predicted octanol–water partition coefficient (Wildman–Crippen LogP) is 1.81. The van der Waals surface area contributed by atoms with Crippen molar-refractivity contribution in [3.8, 4) is 0 Å². The number of nitro groups is 1. The molecule has 2 N–H and O–H groups in total. The van der Waals surface area contributed by atoms with Gasteiger partial charge in [-0.3, -0.25) is 19.8 Å². The Kier molecular flexibility index (Phi) is 5.90. The van der Waals surface area contributed by atoms with Crippen molar-refractivity contribution in [2.24, 2.45) is 12.0 Å². The van der Waals surface area contributed by atoms with Gasteiger partial charge in [0.2, 0.25) is 0 Å². The predicted molar refractivity (Wildman–Crippen MR) is 105 cm³/mol. The highest BCUT2D eigenvalue weighted by Crippen LogP contribution is 2.26. The summed E-state index contributed by atoms with van der Waals surface area (Å²) >= 11 is 0. The normalized spacial score (nSPS) is 17.2. The van der Waals surface area contributed by atoms with Crippen LogP contribution in [0.1, 0.15) is 17.9 Å². The van der Waals surface area contributed by atoms with E-state index in [2.05, 4.69) is 31.8 Å². The number of likely N-dealkylation sites (tertiary alicyclic amines) is 1. The van der Waals surface area contributed by atoms with Gasteiger partial charge in [0, 0.05) is 58.5 Å². The highest BCUT2D eigenvalue weighted by atomic mass is 16.6. The molecule has 1 aliphatic rings. The number of hydrogen-bond acceptors (Lipinski definition) is 5. The minimum Gasteiger partial charge on any atom is -0.378 e. The standard InChI is InChI=1S/C18H25N7O2/c1-19-18(24-10-7-14(13-24)15-11-22-23(2)12-15)21-9-8-20-16-5-3-4-6-17(16)25(26)27/h3-6,11-12,14,20H,7-10,13H2,1-2H3,(H,19,21). The van der Waals surface area contributed by atoms with E-state index < -0.39 is 0 Å². The molecule has 1 unspecified atom stereocenters. The topological polar surface area (TPSA) is 101 Å². The lowest BCUT2D eigenvalue weighted by molar-refractivity contribution is -0.384. The summed E-state index contributed by atoms with van der Waals surface area (Å²) in [6.07, 6.45) is 5.07. The number of aryl methyl sites for hydroxylation is 1. The number of rotatable bonds is 6. The number of nitrogens with zero attached hydrogens (tertiary/aromatic N) is 5. The SMILES string of the molecule is CN=C(NCCNc1ccccc1[N+](=O)[O-])N1CCC(c2cnn(C)c2)C1. The number of nitrogens with one attached hydrogen (secondary N) is 2. The van der Waals surface area contributed by atoms with Gasteiger partial charge in [0.1, 0.15) is 5.69 Å². The van der Waals surface area contributed by atoms with Crippen LogP contribution in [0, 0.1) is 10.1 Å². The molecule has 2 heterocycles. The molecular weight excluding hydrogens is 346 g/mol. The molecule has 1 atom stereocenters. The third kappa shape index (κ3) is 4.55. The van der Waals surface area contributed by atoms with Gasteiger partial charge in [-0.25, -0.2) is 0 Å². The fourth-order valence-electron chi connectivity index (χ4n) is 3.36. The zero-order valence-corrected chi connectivity index (χ0v) is 15.6. The van der Waals surface area contributed by atoms with Crippen molar-refractivity contribution in [3.05, 3.63) is 52.3 Å². The molecule has 27 heavy (non-hydrogen) atoms. The van der Waals surface area contributed by atoms with Crippen molar-refractivity contribution in [2.75, 3.05) is 38.5 Å². The molecule has 1 aliphatic heterocycles. The van der Waals surface area contributed by atoms with E-state index in [1.165, 1.54) is 11.6 Å². The Morgan fingerprint density at radius 2 is 2.22 bits per heavy atom. The molecular formula is C18H25N7O2. The zero-order valence-electron chi connectivity index (χ0n) is 15.6. The zero-order chi connectivity index (χ0) is 19.2. The number of para-hydroxylation sites is 2. The monoisotopic (exact) mass is 371 g/mol. The van der Waals surface area contributed by atoms with E-state index in [9.17, 15) is 10.1 Å². The van der Waals surface area contributed by atoms with Crippen LogP contribution in [-0.4, -0.2) is 58.8 Å². The number of aliphatic imine (C=N–C) groups is 1. The molecule has 9 nitrogen and oxygen atoms in total. The Balaban J connectivity index is 1.48. The summed E-state index contributed by atoms with van der Waals surface area (Å²) < 4.78 is 1.83. The molecule has 0 aliphatic carbocycles. The fourth-order valence-corrected chi connectivity index (χ4v) is 3.36. The second-order valence-electron chi connectivity index (χ2n) is 6.55. The first-order chi connectivity index (χ1) is 13.1. The van der Waals surface area contributed by atoms with Gasteiger partial charge in [0.25, 0.3) is 5.69 Å². The van der Waals surface area contributed by atoms with E-state index >= 15 is 0 Å². The Labute approximate surface area is 158 Å². The lowest BCUT2D eigenvalue weighted by Crippen LogP contribution is -2.41. The molecule has 0 spiro atoms. The van der Waals surface area contributed by atoms with Crippen LogP contribution in [0.2, 0.25) is 0 Å². The smallest absolute Gasteiger partial charge is 0.292 e. The van der Waals surface area contributed by atoms with E-state index in [0.717, 1.165) is 25.5 Å². The number of guanidine groups is 1. The molecule has 1 aromatic carbocycles. The molecule has 2 aromatic rings. The van der Waals surface area contributed by atoms with Gasteiger partial charge in [-0.2, -0.15) is 5.10 Å². The number of aromatic nitrogens is 2. The Hall–Kier alpha value is -3.10. The molecule has 0 radical (unpaired) electrons. The lowest BCUT2D eigenvalue weighted by atomic mass is 10.0. The van der Waals surface area contributed by atoms with Crippen molar-refractivity contribution in [3.63, 3.8) is 0 Å². The average Bonchev–Trinajstić information content (AvgIpc) is 3.31. The average molecular weight is 371 g/mol. The third-order valence-electron chi connectivity index (χ3n) is 4.72. The maximum atomic E-state index is 11.1. The molecule has 144 valence electrons. The number of hydrogen-bond donors (Lipinski definition) is 2. The largest absolute Gasteiger partial charge is 0.378 e. The van der Waals surface area contributed by atoms with Crippen LogP contribution < -0.4 is 10.6 Å². The molecule has 0 bridgehead atoms. The highest BCUT2D eigenvalue weighted by molar-refractivity contribution is 5.80. The van der Waals surface area contributed by atoms with Crippen molar-refractivity contribution >= 4 is 17.3 Å². The Morgan fingerprint density at radius 1 is 1.41 bits per heavy atom. The number of nitro benzene ring substituents is 1. The molecule has 1 saturated heterocycles. The minimum atomic E-state index is -0.377. The number of benzene rings is 1. The van der Waals surface area contributed by atoms with E-state index in [1.54, 1.807) is 25.2 Å². The summed E-state index contributed by atoms with van der Waals surface area (Å²) in [6.45, 7) is 3.02. The van der Waals surface area contributed by atoms with Crippen LogP contribution in [-0.2, 0) is 7.05 Å². The van der Waals surface area contributed by atoms with E-state index in [0.29, 0.717) is 24.7 Å². The number of anilines is 1. The second kappa shape index (κ2) is 8.52. The van der Waals surface area contributed by atoms with E-state index in [1.807, 2.05) is 17.9 Å². The molecule has 0 saturated carbocycles. The molecule has 1 fully saturated rings. The second-order valence-corrected chi connectivity index (χ2v) is 6.55. The van der Waals surface area contributed by atoms with Crippen LogP contribution in [0.4, 0.5) is 11.4 Å². The summed E-state index contributed by atoms with van der Waals surface area (Å²) in [7, 11) is 3.70. The van der Waals surface area contributed by atoms with Crippen molar-refractivity contribution < 1.29 is 4.92 Å². The summed E-state index contributed by atoms with van der Waals surface area (Å²) in [6, 6.07) is 6.66. The van der Waals surface area contributed by atoms with Crippen LogP contribution in [0.15, 0.2) is 41.7 Å². The summed E-state index contributed by atoms with van der Waals surface area (Å²) in [5.74, 6) is 1.31. The summed E-state index contributed by atoms with van der Waals surface area (Å²) in [5, 5.41) is 21.8. The van der Waals surface area contributed by atoms with Crippen LogP contribution in [0.25, 0.3) is 0 Å². The van der Waals surface area contributed by atoms with Gasteiger partial charge in [0.05, 0.1) is 11.1 Å². The van der Waals surface area contributed by atoms with Crippen LogP contribution >= 0.6 is 0 Å². The van der Waals surface area contributed by atoms with Gasteiger partial charge in [-0.1, -0.05) is 12.1 Å². The summed E-state index contributed by atoms with van der Waals surface area (Å²) in [4.78, 5) is 17.3. The third-order valence-corrected chi connectivity index (χ3v) is 4.72. The van der Waals surface area contributed by atoms with Gasteiger partial charge in [-0.15, -0.1) is 0 Å². The first kappa shape index (κ1) is 18.7. The van der Waals surface area contributed by atoms with Gasteiger partial charge >= 0.3 is 0 Å². The maximum absolute atomic E-state index is 11.1. The van der Waals surface area contributed by atoms with E-state index in [-0.39, 0.29) is 10.6 Å². The van der Waals surface area contributed by atoms with Crippen LogP contribution in [0.3, 0.4) is 0 Å². The van der Waals surface area contributed by atoms with E-state index in [4.69, 9.17) is 0 Å². The molecule has 0 amide bonds. The minimum absolute atomic E-state index is 0.0840. The first-order valence-corrected chi connectivity index (χ1v) is 9.00. The highest BCUT2D eigenvalue weighted by Gasteiger charge is 2.26. The molecule has 1 aromatic heterocycles. The van der Waals surface area contributed by atoms with Gasteiger partial charge in [0.15, 0.2) is 5.96 Å². The van der Waals surface area contributed by atoms with Crippen LogP contribution in [0.5, 0.6) is 0 Å². The molecule has 3 rings (SSSR count). The van der Waals surface area contributed by atoms with Gasteiger partial charge < -0.3 is 15.5 Å². The van der Waals surface area contributed by atoms with Crippen molar-refractivity contribution in [1.29, 1.82) is 0 Å². The Bertz CT molecular complexity index is 818. The summed E-state index contributed by atoms with van der Waals surface area (Å²) in [5.41, 5.74) is 1.87. The lowest BCUT2D eigenvalue weighted by Gasteiger charge is -2.21. The van der Waals surface area contributed by atoms with Gasteiger partial charge in [-0.05, 0) is 18.1 Å². The molecule has 9 heteroatoms. The fraction of sp³-hybridized carbons (Fsp3) is 0.444. The van der Waals surface area contributed by atoms with Crippen molar-refractivity contribution in [1.82, 2.24) is 20.0 Å². The quantitative estimate of drug-likeness (QED) is 0.264. The first-order valence-electron chi connectivity index (χ1n) is 9.00. The maximum Gasteiger partial charge on any atom is 0.292 e. The van der Waals surface area contributed by atoms with Crippen molar-refractivity contribution in [2.45, 2.75) is 12.3 Å². The Morgan fingerprint density at radius 3 is 2.93 bits per heavy atom.